The van der Waals surface area contributed by atoms with Crippen LogP contribution in [0.1, 0.15) is 51.6 Å². The fraction of sp³-hybridized carbons (Fsp3) is 0.824. The Morgan fingerprint density at radius 2 is 2.05 bits per heavy atom. The predicted octanol–water partition coefficient (Wildman–Crippen LogP) is 3.40. The normalized spacial score (nSPS) is 23.4. The maximum absolute atomic E-state index is 4.27. The topological polar surface area (TPSA) is 29.9 Å². The molecular formula is C17H31N3. The monoisotopic (exact) mass is 277 g/mol. The molecule has 0 aliphatic heterocycles. The van der Waals surface area contributed by atoms with Gasteiger partial charge in [0.1, 0.15) is 0 Å². The van der Waals surface area contributed by atoms with Gasteiger partial charge in [-0.15, -0.1) is 0 Å². The summed E-state index contributed by atoms with van der Waals surface area (Å²) in [6, 6.07) is 2.16. The molecule has 1 saturated carbocycles. The van der Waals surface area contributed by atoms with Crippen molar-refractivity contribution in [3.05, 3.63) is 18.0 Å². The van der Waals surface area contributed by atoms with Crippen LogP contribution < -0.4 is 5.32 Å². The third kappa shape index (κ3) is 4.62. The van der Waals surface area contributed by atoms with Crippen LogP contribution in [-0.4, -0.2) is 22.9 Å². The van der Waals surface area contributed by atoms with Crippen LogP contribution in [0.15, 0.2) is 12.3 Å². The summed E-state index contributed by atoms with van der Waals surface area (Å²) in [6.07, 6.45) is 10.1. The van der Waals surface area contributed by atoms with E-state index in [-0.39, 0.29) is 0 Å². The number of hydrogen-bond donors (Lipinski definition) is 1. The molecule has 0 bridgehead atoms. The molecule has 1 aromatic rings. The summed E-state index contributed by atoms with van der Waals surface area (Å²) in [5.74, 6) is 2.54. The van der Waals surface area contributed by atoms with Crippen LogP contribution in [-0.2, 0) is 13.5 Å². The summed E-state index contributed by atoms with van der Waals surface area (Å²) in [5.41, 5.74) is 1.38. The first-order valence-electron chi connectivity index (χ1n) is 8.34. The highest BCUT2D eigenvalue weighted by atomic mass is 15.2. The third-order valence-corrected chi connectivity index (χ3v) is 4.72. The van der Waals surface area contributed by atoms with Crippen molar-refractivity contribution < 1.29 is 0 Å². The molecule has 1 aliphatic carbocycles. The molecule has 3 heteroatoms. The molecular weight excluding hydrogens is 246 g/mol. The van der Waals surface area contributed by atoms with E-state index >= 15 is 0 Å². The summed E-state index contributed by atoms with van der Waals surface area (Å²) in [6.45, 7) is 6.95. The lowest BCUT2D eigenvalue weighted by molar-refractivity contribution is 0.215. The van der Waals surface area contributed by atoms with Crippen LogP contribution in [0.5, 0.6) is 0 Å². The van der Waals surface area contributed by atoms with Crippen LogP contribution in [0, 0.1) is 17.8 Å². The van der Waals surface area contributed by atoms with Gasteiger partial charge in [-0.05, 0) is 56.2 Å². The van der Waals surface area contributed by atoms with Crippen molar-refractivity contribution in [3.8, 4) is 0 Å². The molecule has 1 aliphatic rings. The van der Waals surface area contributed by atoms with E-state index in [9.17, 15) is 0 Å². The van der Waals surface area contributed by atoms with Gasteiger partial charge in [-0.25, -0.2) is 0 Å². The fourth-order valence-corrected chi connectivity index (χ4v) is 3.47. The summed E-state index contributed by atoms with van der Waals surface area (Å²) in [5, 5.41) is 7.94. The Balaban J connectivity index is 1.79. The Kier molecular flexibility index (Phi) is 6.08. The Morgan fingerprint density at radius 1 is 1.30 bits per heavy atom. The molecule has 1 heterocycles. The van der Waals surface area contributed by atoms with Gasteiger partial charge >= 0.3 is 0 Å². The molecule has 1 fully saturated rings. The first kappa shape index (κ1) is 15.6. The smallest absolute Gasteiger partial charge is 0.0492 e. The van der Waals surface area contributed by atoms with Gasteiger partial charge in [-0.1, -0.05) is 33.1 Å². The quantitative estimate of drug-likeness (QED) is 0.828. The Morgan fingerprint density at radius 3 is 2.70 bits per heavy atom. The second kappa shape index (κ2) is 7.82. The molecule has 2 atom stereocenters. The van der Waals surface area contributed by atoms with Gasteiger partial charge in [0.05, 0.1) is 0 Å². The van der Waals surface area contributed by atoms with Gasteiger partial charge in [-0.2, -0.15) is 5.10 Å². The summed E-state index contributed by atoms with van der Waals surface area (Å²) in [7, 11) is 2.05. The highest BCUT2D eigenvalue weighted by Crippen LogP contribution is 2.32. The second-order valence-corrected chi connectivity index (χ2v) is 6.84. The minimum Gasteiger partial charge on any atom is -0.316 e. The molecule has 0 saturated heterocycles. The zero-order valence-electron chi connectivity index (χ0n) is 13.4. The lowest BCUT2D eigenvalue weighted by Crippen LogP contribution is -2.32. The van der Waals surface area contributed by atoms with E-state index in [1.807, 2.05) is 10.9 Å². The largest absolute Gasteiger partial charge is 0.316 e. The molecule has 1 aromatic heterocycles. The maximum Gasteiger partial charge on any atom is 0.0492 e. The van der Waals surface area contributed by atoms with Crippen molar-refractivity contribution in [2.24, 2.45) is 24.8 Å². The molecule has 114 valence electrons. The average molecular weight is 277 g/mol. The van der Waals surface area contributed by atoms with Crippen molar-refractivity contribution in [1.29, 1.82) is 0 Å². The van der Waals surface area contributed by atoms with Gasteiger partial charge in [0, 0.05) is 18.9 Å². The predicted molar refractivity (Wildman–Crippen MR) is 84.7 cm³/mol. The van der Waals surface area contributed by atoms with E-state index < -0.39 is 0 Å². The van der Waals surface area contributed by atoms with Crippen molar-refractivity contribution in [2.45, 2.75) is 52.4 Å². The summed E-state index contributed by atoms with van der Waals surface area (Å²) < 4.78 is 2.02. The summed E-state index contributed by atoms with van der Waals surface area (Å²) in [4.78, 5) is 0. The van der Waals surface area contributed by atoms with E-state index in [4.69, 9.17) is 0 Å². The molecule has 20 heavy (non-hydrogen) atoms. The van der Waals surface area contributed by atoms with Crippen LogP contribution in [0.25, 0.3) is 0 Å². The highest BCUT2D eigenvalue weighted by Gasteiger charge is 2.24. The lowest BCUT2D eigenvalue weighted by atomic mass is 9.76. The summed E-state index contributed by atoms with van der Waals surface area (Å²) >= 11 is 0. The fourth-order valence-electron chi connectivity index (χ4n) is 3.47. The number of hydrogen-bond acceptors (Lipinski definition) is 2. The van der Waals surface area contributed by atoms with Gasteiger partial charge in [-0.3, -0.25) is 4.68 Å². The molecule has 2 unspecified atom stereocenters. The first-order valence-corrected chi connectivity index (χ1v) is 8.34. The van der Waals surface area contributed by atoms with Crippen LogP contribution >= 0.6 is 0 Å². The van der Waals surface area contributed by atoms with Gasteiger partial charge in [0.25, 0.3) is 0 Å². The molecule has 3 nitrogen and oxygen atoms in total. The highest BCUT2D eigenvalue weighted by molar-refractivity contribution is 5.00. The Hall–Kier alpha value is -0.830. The number of aryl methyl sites for hydroxylation is 2. The number of rotatable bonds is 7. The number of nitrogens with zero attached hydrogens (tertiary/aromatic N) is 2. The van der Waals surface area contributed by atoms with Crippen LogP contribution in [0.3, 0.4) is 0 Å². The van der Waals surface area contributed by atoms with E-state index in [2.05, 4.69) is 37.4 Å². The van der Waals surface area contributed by atoms with E-state index in [0.717, 1.165) is 24.3 Å². The number of aromatic nitrogens is 2. The molecule has 0 radical (unpaired) electrons. The third-order valence-electron chi connectivity index (χ3n) is 4.72. The minimum absolute atomic E-state index is 0.756. The van der Waals surface area contributed by atoms with Gasteiger partial charge in [0.15, 0.2) is 0 Å². The van der Waals surface area contributed by atoms with Crippen LogP contribution in [0.4, 0.5) is 0 Å². The number of nitrogens with one attached hydrogen (secondary N) is 1. The van der Waals surface area contributed by atoms with Crippen molar-refractivity contribution in [1.82, 2.24) is 15.1 Å². The lowest BCUT2D eigenvalue weighted by Gasteiger charge is -2.32. The maximum atomic E-state index is 4.27. The van der Waals surface area contributed by atoms with Crippen molar-refractivity contribution in [2.75, 3.05) is 13.1 Å². The SMILES string of the molecule is CC(C)CNCC1CCCCC1CCc1ccnn1C. The molecule has 2 rings (SSSR count). The van der Waals surface area contributed by atoms with E-state index in [1.165, 1.54) is 50.8 Å². The van der Waals surface area contributed by atoms with Crippen molar-refractivity contribution >= 4 is 0 Å². The van der Waals surface area contributed by atoms with Gasteiger partial charge in [0.2, 0.25) is 0 Å². The Bertz CT molecular complexity index is 383. The van der Waals surface area contributed by atoms with Crippen LogP contribution in [0.2, 0.25) is 0 Å². The molecule has 0 spiro atoms. The second-order valence-electron chi connectivity index (χ2n) is 6.84. The Labute approximate surface area is 124 Å². The zero-order valence-corrected chi connectivity index (χ0v) is 13.4. The van der Waals surface area contributed by atoms with E-state index in [0.29, 0.717) is 0 Å². The first-order chi connectivity index (χ1) is 9.66. The van der Waals surface area contributed by atoms with Crippen molar-refractivity contribution in [3.63, 3.8) is 0 Å². The molecule has 0 amide bonds. The molecule has 1 N–H and O–H groups in total. The van der Waals surface area contributed by atoms with E-state index in [1.54, 1.807) is 0 Å². The van der Waals surface area contributed by atoms with Gasteiger partial charge < -0.3 is 5.32 Å². The molecule has 0 aromatic carbocycles. The zero-order chi connectivity index (χ0) is 14.4. The average Bonchev–Trinajstić information content (AvgIpc) is 2.83. The minimum atomic E-state index is 0.756. The standard InChI is InChI=1S/C17H31N3/c1-14(2)12-18-13-16-7-5-4-6-15(16)8-9-17-10-11-19-20(17)3/h10-11,14-16,18H,4-9,12-13H2,1-3H3.